The van der Waals surface area contributed by atoms with Crippen LogP contribution in [0.4, 0.5) is 13.2 Å². The van der Waals surface area contributed by atoms with Crippen molar-refractivity contribution in [2.45, 2.75) is 28.3 Å². The van der Waals surface area contributed by atoms with Gasteiger partial charge in [-0.05, 0) is 18.6 Å². The fraction of sp³-hybridized carbons (Fsp3) is 0.588. The number of likely N-dealkylation sites (N-methyl/N-ethyl adjacent to an activating group) is 1. The molecule has 1 amide bonds. The number of halogens is 3. The monoisotopic (exact) mass is 485 g/mol. The van der Waals surface area contributed by atoms with Gasteiger partial charge in [-0.1, -0.05) is 0 Å². The van der Waals surface area contributed by atoms with E-state index < -0.39 is 22.2 Å². The highest BCUT2D eigenvalue weighted by atomic mass is 32.2. The number of aliphatic carboxylic acids is 1. The van der Waals surface area contributed by atoms with Crippen LogP contribution in [0.25, 0.3) is 0 Å². The molecule has 2 saturated heterocycles. The Morgan fingerprint density at radius 1 is 1.39 bits per heavy atom. The second-order valence-electron chi connectivity index (χ2n) is 7.18. The molecule has 1 aromatic heterocycles. The van der Waals surface area contributed by atoms with Crippen molar-refractivity contribution in [1.29, 1.82) is 0 Å². The van der Waals surface area contributed by atoms with Gasteiger partial charge in [0.15, 0.2) is 0 Å². The number of ether oxygens (including phenoxy) is 1. The molecule has 9 nitrogen and oxygen atoms in total. The first-order valence-electron chi connectivity index (χ1n) is 8.93. The van der Waals surface area contributed by atoms with E-state index in [0.29, 0.717) is 13.1 Å². The van der Waals surface area contributed by atoms with Gasteiger partial charge in [0.25, 0.3) is 0 Å². The van der Waals surface area contributed by atoms with Crippen LogP contribution in [0.3, 0.4) is 0 Å². The van der Waals surface area contributed by atoms with Crippen LogP contribution < -0.4 is 0 Å². The van der Waals surface area contributed by atoms with Crippen molar-refractivity contribution in [3.63, 3.8) is 0 Å². The maximum atomic E-state index is 12.5. The molecule has 1 spiro atoms. The van der Waals surface area contributed by atoms with Gasteiger partial charge in [0.1, 0.15) is 11.5 Å². The lowest BCUT2D eigenvalue weighted by molar-refractivity contribution is -0.192. The molecule has 2 aliphatic heterocycles. The van der Waals surface area contributed by atoms with Gasteiger partial charge in [0.05, 0.1) is 6.10 Å². The molecule has 0 aliphatic carbocycles. The van der Waals surface area contributed by atoms with Crippen LogP contribution in [-0.4, -0.2) is 96.2 Å². The Kier molecular flexibility index (Phi) is 7.94. The predicted octanol–water partition coefficient (Wildman–Crippen LogP) is 1.07. The first-order valence-corrected chi connectivity index (χ1v) is 11.4. The zero-order valence-corrected chi connectivity index (χ0v) is 18.3. The molecular weight excluding hydrogens is 463 g/mol. The number of sulfonamides is 1. The minimum atomic E-state index is -5.08. The molecular formula is C17H22F3N3O6S2. The summed E-state index contributed by atoms with van der Waals surface area (Å²) in [5, 5.41) is 7.12. The van der Waals surface area contributed by atoms with E-state index in [0.717, 1.165) is 12.2 Å². The smallest absolute Gasteiger partial charge is 0.475 e. The van der Waals surface area contributed by atoms with Crippen molar-refractivity contribution in [1.82, 2.24) is 14.2 Å². The molecule has 2 fully saturated rings. The van der Waals surface area contributed by atoms with Crippen molar-refractivity contribution in [3.05, 3.63) is 24.5 Å². The summed E-state index contributed by atoms with van der Waals surface area (Å²) in [7, 11) is -0.0680. The van der Waals surface area contributed by atoms with E-state index in [1.165, 1.54) is 15.4 Å². The molecule has 14 heteroatoms. The Morgan fingerprint density at radius 3 is 2.48 bits per heavy atom. The zero-order chi connectivity index (χ0) is 23.4. The second-order valence-corrected chi connectivity index (χ2v) is 10.6. The summed E-state index contributed by atoms with van der Waals surface area (Å²) in [6, 6.07) is 3.19. The second kappa shape index (κ2) is 9.71. The Hall–Kier alpha value is -1.90. The van der Waals surface area contributed by atoms with E-state index >= 15 is 0 Å². The van der Waals surface area contributed by atoms with Crippen molar-refractivity contribution < 1.29 is 41.0 Å². The van der Waals surface area contributed by atoms with Crippen LogP contribution >= 0.6 is 11.8 Å². The predicted molar refractivity (Wildman–Crippen MR) is 105 cm³/mol. The highest BCUT2D eigenvalue weighted by Gasteiger charge is 2.53. The van der Waals surface area contributed by atoms with Gasteiger partial charge in [0.2, 0.25) is 15.9 Å². The number of carboxylic acid groups (broad SMARTS) is 1. The number of rotatable bonds is 5. The first kappa shape index (κ1) is 25.4. The molecule has 0 saturated carbocycles. The summed E-state index contributed by atoms with van der Waals surface area (Å²) in [5.74, 6) is -2.02. The van der Waals surface area contributed by atoms with Gasteiger partial charge in [-0.3, -0.25) is 9.78 Å². The number of carbonyl (C=O) groups is 2. The molecule has 0 radical (unpaired) electrons. The van der Waals surface area contributed by atoms with Crippen molar-refractivity contribution in [2.24, 2.45) is 0 Å². The number of nitrogens with zero attached hydrogens (tertiary/aromatic N) is 3. The standard InChI is InChI=1S/C15H21N3O4S2.C2HF3O2/c1-17(2)14(19)8-22-12-6-15(23-9-12)10-18(11-15)24(20,21)13-4-3-5-16-7-13;3-2(4,5)1(6)7/h3-5,7,12H,6,8-11H2,1-2H3;(H,6,7). The van der Waals surface area contributed by atoms with Gasteiger partial charge in [0, 0.05) is 50.1 Å². The van der Waals surface area contributed by atoms with Gasteiger partial charge in [-0.15, -0.1) is 11.8 Å². The third kappa shape index (κ3) is 6.54. The highest BCUT2D eigenvalue weighted by molar-refractivity contribution is 8.01. The lowest BCUT2D eigenvalue weighted by Gasteiger charge is -2.46. The third-order valence-corrected chi connectivity index (χ3v) is 7.91. The molecule has 1 aromatic rings. The highest BCUT2D eigenvalue weighted by Crippen LogP contribution is 2.47. The van der Waals surface area contributed by atoms with E-state index in [1.807, 2.05) is 0 Å². The maximum absolute atomic E-state index is 12.5. The minimum absolute atomic E-state index is 0.00199. The minimum Gasteiger partial charge on any atom is -0.475 e. The molecule has 1 N–H and O–H groups in total. The number of amides is 1. The summed E-state index contributed by atoms with van der Waals surface area (Å²) in [4.78, 5) is 26.1. The van der Waals surface area contributed by atoms with Crippen LogP contribution in [0.5, 0.6) is 0 Å². The summed E-state index contributed by atoms with van der Waals surface area (Å²) < 4.78 is 63.9. The average molecular weight is 486 g/mol. The molecule has 2 aliphatic rings. The van der Waals surface area contributed by atoms with Gasteiger partial charge < -0.3 is 14.7 Å². The lowest BCUT2D eigenvalue weighted by Crippen LogP contribution is -2.60. The van der Waals surface area contributed by atoms with Crippen molar-refractivity contribution >= 4 is 33.7 Å². The molecule has 3 rings (SSSR count). The molecule has 3 heterocycles. The molecule has 1 unspecified atom stereocenters. The maximum Gasteiger partial charge on any atom is 0.490 e. The molecule has 1 atom stereocenters. The topological polar surface area (TPSA) is 117 Å². The van der Waals surface area contributed by atoms with Crippen LogP contribution in [0, 0.1) is 0 Å². The number of thioether (sulfide) groups is 1. The van der Waals surface area contributed by atoms with Crippen LogP contribution in [0.15, 0.2) is 29.4 Å². The summed E-state index contributed by atoms with van der Waals surface area (Å²) >= 11 is 1.74. The normalized spacial score (nSPS) is 20.5. The van der Waals surface area contributed by atoms with E-state index in [4.69, 9.17) is 14.6 Å². The van der Waals surface area contributed by atoms with E-state index in [9.17, 15) is 26.4 Å². The fourth-order valence-corrected chi connectivity index (χ4v) is 6.16. The number of hydrogen-bond donors (Lipinski definition) is 1. The molecule has 31 heavy (non-hydrogen) atoms. The Morgan fingerprint density at radius 2 is 2.00 bits per heavy atom. The SMILES string of the molecule is CN(C)C(=O)COC1CSC2(C1)CN(S(=O)(=O)c1cccnc1)C2.O=C(O)C(F)(F)F. The number of carbonyl (C=O) groups excluding carboxylic acids is 1. The van der Waals surface area contributed by atoms with Crippen LogP contribution in [0.1, 0.15) is 6.42 Å². The number of carboxylic acids is 1. The molecule has 174 valence electrons. The van der Waals surface area contributed by atoms with E-state index in [-0.39, 0.29) is 28.3 Å². The average Bonchev–Trinajstić information content (AvgIpc) is 3.10. The van der Waals surface area contributed by atoms with E-state index in [1.54, 1.807) is 44.2 Å². The number of pyridine rings is 1. The van der Waals surface area contributed by atoms with Crippen LogP contribution in [-0.2, 0) is 24.3 Å². The van der Waals surface area contributed by atoms with Gasteiger partial charge in [-0.2, -0.15) is 17.5 Å². The number of alkyl halides is 3. The quantitative estimate of drug-likeness (QED) is 0.658. The van der Waals surface area contributed by atoms with Crippen molar-refractivity contribution in [3.8, 4) is 0 Å². The van der Waals surface area contributed by atoms with Crippen LogP contribution in [0.2, 0.25) is 0 Å². The fourth-order valence-electron chi connectivity index (χ4n) is 2.86. The summed E-state index contributed by atoms with van der Waals surface area (Å²) in [6.45, 7) is 1.04. The summed E-state index contributed by atoms with van der Waals surface area (Å²) in [6.07, 6.45) is -1.37. The largest absolute Gasteiger partial charge is 0.490 e. The number of aromatic nitrogens is 1. The Bertz CT molecular complexity index is 890. The van der Waals surface area contributed by atoms with E-state index in [2.05, 4.69) is 4.98 Å². The first-order chi connectivity index (χ1) is 14.3. The van der Waals surface area contributed by atoms with Gasteiger partial charge in [-0.25, -0.2) is 13.2 Å². The third-order valence-electron chi connectivity index (χ3n) is 4.56. The van der Waals surface area contributed by atoms with Gasteiger partial charge >= 0.3 is 12.1 Å². The molecule has 0 aromatic carbocycles. The van der Waals surface area contributed by atoms with Crippen molar-refractivity contribution in [2.75, 3.05) is 39.5 Å². The number of hydrogen-bond acceptors (Lipinski definition) is 7. The molecule has 0 bridgehead atoms. The Balaban J connectivity index is 0.000000423. The zero-order valence-electron chi connectivity index (χ0n) is 16.7. The Labute approximate surface area is 181 Å². The lowest BCUT2D eigenvalue weighted by atomic mass is 9.95. The summed E-state index contributed by atoms with van der Waals surface area (Å²) in [5.41, 5.74) is 0.